The van der Waals surface area contributed by atoms with Gasteiger partial charge in [-0.2, -0.15) is 17.4 Å². The molecular formula is C21H35N3O3S. The number of ether oxygens (including phenoxy) is 1. The number of benzene rings is 1. The Kier molecular flexibility index (Phi) is 7.02. The molecule has 28 heavy (non-hydrogen) atoms. The summed E-state index contributed by atoms with van der Waals surface area (Å²) in [5, 5.41) is 0. The number of piperidine rings is 1. The van der Waals surface area contributed by atoms with E-state index >= 15 is 0 Å². The molecule has 1 aliphatic heterocycles. The summed E-state index contributed by atoms with van der Waals surface area (Å²) in [4.78, 5) is 2.51. The molecule has 1 aromatic carbocycles. The summed E-state index contributed by atoms with van der Waals surface area (Å²) in [7, 11) is -1.73. The van der Waals surface area contributed by atoms with Crippen LogP contribution in [0.25, 0.3) is 0 Å². The van der Waals surface area contributed by atoms with E-state index in [0.717, 1.165) is 44.5 Å². The number of rotatable bonds is 8. The summed E-state index contributed by atoms with van der Waals surface area (Å²) in [6.45, 7) is 8.76. The highest BCUT2D eigenvalue weighted by Crippen LogP contribution is 2.36. The molecule has 6 nitrogen and oxygen atoms in total. The minimum absolute atomic E-state index is 0.0365. The largest absolute Gasteiger partial charge is 0.497 e. The highest BCUT2D eigenvalue weighted by atomic mass is 32.2. The van der Waals surface area contributed by atoms with E-state index < -0.39 is 10.2 Å². The minimum Gasteiger partial charge on any atom is -0.497 e. The molecule has 1 N–H and O–H groups in total. The van der Waals surface area contributed by atoms with Crippen LogP contribution in [0.3, 0.4) is 0 Å². The lowest BCUT2D eigenvalue weighted by atomic mass is 9.74. The van der Waals surface area contributed by atoms with Crippen molar-refractivity contribution in [2.24, 2.45) is 5.92 Å². The van der Waals surface area contributed by atoms with Crippen molar-refractivity contribution in [3.63, 3.8) is 0 Å². The van der Waals surface area contributed by atoms with E-state index in [2.05, 4.69) is 28.7 Å². The molecule has 0 aromatic heterocycles. The third kappa shape index (κ3) is 4.53. The second-order valence-electron chi connectivity index (χ2n) is 8.01. The summed E-state index contributed by atoms with van der Waals surface area (Å²) in [5.41, 5.74) is 2.76. The molecule has 0 spiro atoms. The van der Waals surface area contributed by atoms with Gasteiger partial charge in [0.25, 0.3) is 10.2 Å². The van der Waals surface area contributed by atoms with Crippen LogP contribution in [-0.2, 0) is 23.1 Å². The molecule has 0 saturated carbocycles. The lowest BCUT2D eigenvalue weighted by Crippen LogP contribution is -2.59. The Hall–Kier alpha value is -1.15. The van der Waals surface area contributed by atoms with Crippen molar-refractivity contribution < 1.29 is 13.2 Å². The quantitative estimate of drug-likeness (QED) is 0.716. The van der Waals surface area contributed by atoms with Gasteiger partial charge in [0.2, 0.25) is 0 Å². The number of nitrogens with zero attached hydrogens (tertiary/aromatic N) is 2. The second kappa shape index (κ2) is 9.11. The van der Waals surface area contributed by atoms with Crippen LogP contribution in [0.2, 0.25) is 0 Å². The van der Waals surface area contributed by atoms with Crippen molar-refractivity contribution in [2.45, 2.75) is 58.5 Å². The Labute approximate surface area is 170 Å². The van der Waals surface area contributed by atoms with Crippen molar-refractivity contribution >= 4 is 10.2 Å². The van der Waals surface area contributed by atoms with E-state index in [4.69, 9.17) is 4.74 Å². The van der Waals surface area contributed by atoms with E-state index in [1.165, 1.54) is 15.4 Å². The first-order valence-electron chi connectivity index (χ1n) is 10.6. The number of hydrogen-bond acceptors (Lipinski definition) is 4. The number of fused-ring (bicyclic) bond motifs is 2. The van der Waals surface area contributed by atoms with Crippen molar-refractivity contribution in [2.75, 3.05) is 33.3 Å². The normalized spacial score (nSPS) is 25.4. The van der Waals surface area contributed by atoms with Gasteiger partial charge in [-0.05, 0) is 61.4 Å². The Morgan fingerprint density at radius 2 is 1.93 bits per heavy atom. The van der Waals surface area contributed by atoms with Gasteiger partial charge in [-0.3, -0.25) is 4.90 Å². The maximum absolute atomic E-state index is 12.7. The third-order valence-electron chi connectivity index (χ3n) is 6.25. The average molecular weight is 410 g/mol. The van der Waals surface area contributed by atoms with Crippen LogP contribution >= 0.6 is 0 Å². The van der Waals surface area contributed by atoms with Crippen LogP contribution in [0, 0.1) is 5.92 Å². The van der Waals surface area contributed by atoms with Gasteiger partial charge in [-0.15, -0.1) is 0 Å². The summed E-state index contributed by atoms with van der Waals surface area (Å²) < 4.78 is 35.4. The zero-order valence-corrected chi connectivity index (χ0v) is 18.5. The fraction of sp³-hybridized carbons (Fsp3) is 0.714. The van der Waals surface area contributed by atoms with Crippen molar-refractivity contribution in [3.05, 3.63) is 29.3 Å². The molecule has 2 aliphatic rings. The zero-order valence-electron chi connectivity index (χ0n) is 17.6. The van der Waals surface area contributed by atoms with E-state index in [-0.39, 0.29) is 6.04 Å². The Morgan fingerprint density at radius 1 is 1.18 bits per heavy atom. The maximum atomic E-state index is 12.7. The molecular weight excluding hydrogens is 374 g/mol. The van der Waals surface area contributed by atoms with Crippen molar-refractivity contribution in [1.29, 1.82) is 0 Å². The highest BCUT2D eigenvalue weighted by Gasteiger charge is 2.40. The van der Waals surface area contributed by atoms with Gasteiger partial charge in [0.05, 0.1) is 7.11 Å². The smallest absolute Gasteiger partial charge is 0.279 e. The summed E-state index contributed by atoms with van der Waals surface area (Å²) in [6.07, 6.45) is 4.00. The molecule has 158 valence electrons. The fourth-order valence-electron chi connectivity index (χ4n) is 4.93. The van der Waals surface area contributed by atoms with Gasteiger partial charge < -0.3 is 4.74 Å². The molecule has 0 amide bonds. The molecule has 0 radical (unpaired) electrons. The first-order chi connectivity index (χ1) is 13.4. The van der Waals surface area contributed by atoms with Crippen LogP contribution in [0.1, 0.15) is 44.7 Å². The van der Waals surface area contributed by atoms with Crippen LogP contribution < -0.4 is 9.46 Å². The fourth-order valence-corrected chi connectivity index (χ4v) is 6.35. The lowest BCUT2D eigenvalue weighted by molar-refractivity contribution is 0.0683. The molecule has 3 rings (SSSR count). The summed E-state index contributed by atoms with van der Waals surface area (Å²) in [6, 6.07) is 6.86. The summed E-state index contributed by atoms with van der Waals surface area (Å²) >= 11 is 0. The number of nitrogens with one attached hydrogen (secondary N) is 1. The first kappa shape index (κ1) is 21.6. The molecule has 3 atom stereocenters. The van der Waals surface area contributed by atoms with Crippen LogP contribution in [0.4, 0.5) is 0 Å². The van der Waals surface area contributed by atoms with Crippen LogP contribution in [-0.4, -0.2) is 63.0 Å². The number of methoxy groups -OCH3 is 1. The van der Waals surface area contributed by atoms with Gasteiger partial charge in [0.1, 0.15) is 5.75 Å². The SMILES string of the molecule is CCCN1CC(NS(=O)(=O)N(CC)CC)CC2Cc3cc(OC)ccc3CC21. The molecule has 3 unspecified atom stereocenters. The molecule has 1 saturated heterocycles. The highest BCUT2D eigenvalue weighted by molar-refractivity contribution is 7.87. The van der Waals surface area contributed by atoms with E-state index in [1.807, 2.05) is 19.9 Å². The molecule has 7 heteroatoms. The molecule has 0 bridgehead atoms. The number of hydrogen-bond donors (Lipinski definition) is 1. The van der Waals surface area contributed by atoms with E-state index in [1.54, 1.807) is 7.11 Å². The van der Waals surface area contributed by atoms with Crippen LogP contribution in [0.15, 0.2) is 18.2 Å². The molecule has 1 heterocycles. The third-order valence-corrected chi connectivity index (χ3v) is 8.08. The van der Waals surface area contributed by atoms with E-state index in [9.17, 15) is 8.42 Å². The lowest BCUT2D eigenvalue weighted by Gasteiger charge is -2.47. The average Bonchev–Trinajstić information content (AvgIpc) is 2.66. The predicted molar refractivity (Wildman–Crippen MR) is 113 cm³/mol. The predicted octanol–water partition coefficient (Wildman–Crippen LogP) is 2.44. The molecule has 1 fully saturated rings. The monoisotopic (exact) mass is 409 g/mol. The Bertz CT molecular complexity index is 764. The Balaban J connectivity index is 1.80. The van der Waals surface area contributed by atoms with Gasteiger partial charge in [0, 0.05) is 31.7 Å². The zero-order chi connectivity index (χ0) is 20.3. The van der Waals surface area contributed by atoms with E-state index in [0.29, 0.717) is 25.0 Å². The molecule has 1 aliphatic carbocycles. The van der Waals surface area contributed by atoms with Gasteiger partial charge in [-0.1, -0.05) is 26.8 Å². The topological polar surface area (TPSA) is 61.9 Å². The minimum atomic E-state index is -3.43. The molecule has 1 aromatic rings. The number of likely N-dealkylation sites (tertiary alicyclic amines) is 1. The Morgan fingerprint density at radius 3 is 2.57 bits per heavy atom. The van der Waals surface area contributed by atoms with Crippen molar-refractivity contribution in [1.82, 2.24) is 13.9 Å². The second-order valence-corrected chi connectivity index (χ2v) is 9.71. The van der Waals surface area contributed by atoms with Gasteiger partial charge in [-0.25, -0.2) is 0 Å². The van der Waals surface area contributed by atoms with Crippen molar-refractivity contribution in [3.8, 4) is 5.75 Å². The van der Waals surface area contributed by atoms with Crippen LogP contribution in [0.5, 0.6) is 5.75 Å². The summed E-state index contributed by atoms with van der Waals surface area (Å²) in [5.74, 6) is 1.36. The first-order valence-corrected chi connectivity index (χ1v) is 12.0. The maximum Gasteiger partial charge on any atom is 0.279 e. The standard InChI is InChI=1S/C21H35N3O3S/c1-5-10-23-15-19(22-28(25,26)24(6-2)7-3)12-18-11-17-13-20(27-4)9-8-16(17)14-21(18)23/h8-9,13,18-19,21-22H,5-7,10-12,14-15H2,1-4H3. The van der Waals surface area contributed by atoms with Gasteiger partial charge >= 0.3 is 0 Å². The van der Waals surface area contributed by atoms with Gasteiger partial charge in [0.15, 0.2) is 0 Å².